The van der Waals surface area contributed by atoms with Crippen LogP contribution in [0, 0.1) is 5.92 Å². The number of carbonyl (C=O) groups is 2. The molecule has 5 nitrogen and oxygen atoms in total. The molecule has 0 spiro atoms. The number of aliphatic carboxylic acids is 1. The summed E-state index contributed by atoms with van der Waals surface area (Å²) in [5.41, 5.74) is -0.210. The maximum absolute atomic E-state index is 13.0. The van der Waals surface area contributed by atoms with Crippen molar-refractivity contribution in [2.75, 3.05) is 19.8 Å². The van der Waals surface area contributed by atoms with Crippen LogP contribution >= 0.6 is 0 Å². The van der Waals surface area contributed by atoms with Crippen LogP contribution < -0.4 is 0 Å². The summed E-state index contributed by atoms with van der Waals surface area (Å²) in [5, 5.41) is 8.96. The van der Waals surface area contributed by atoms with Crippen molar-refractivity contribution in [1.82, 2.24) is 4.90 Å². The van der Waals surface area contributed by atoms with Crippen molar-refractivity contribution in [3.63, 3.8) is 0 Å². The van der Waals surface area contributed by atoms with E-state index in [2.05, 4.69) is 0 Å². The number of carboxylic acid groups (broad SMARTS) is 1. The molecule has 2 fully saturated rings. The molecule has 1 aromatic rings. The van der Waals surface area contributed by atoms with E-state index in [1.807, 2.05) is 0 Å². The molecule has 1 heterocycles. The lowest BCUT2D eigenvalue weighted by molar-refractivity contribution is -0.141. The van der Waals surface area contributed by atoms with Crippen LogP contribution in [0.2, 0.25) is 0 Å². The fourth-order valence-electron chi connectivity index (χ4n) is 3.68. The van der Waals surface area contributed by atoms with E-state index in [9.17, 15) is 22.8 Å². The molecule has 3 rings (SSSR count). The summed E-state index contributed by atoms with van der Waals surface area (Å²) < 4.78 is 44.0. The van der Waals surface area contributed by atoms with Crippen LogP contribution in [-0.2, 0) is 20.5 Å². The summed E-state index contributed by atoms with van der Waals surface area (Å²) in [6.07, 6.45) is -2.78. The van der Waals surface area contributed by atoms with Crippen molar-refractivity contribution in [3.05, 3.63) is 35.4 Å². The van der Waals surface area contributed by atoms with E-state index in [0.717, 1.165) is 12.1 Å². The number of rotatable bonds is 6. The second-order valence-corrected chi connectivity index (χ2v) is 7.09. The van der Waals surface area contributed by atoms with Crippen molar-refractivity contribution in [3.8, 4) is 0 Å². The molecule has 27 heavy (non-hydrogen) atoms. The Balaban J connectivity index is 1.71. The van der Waals surface area contributed by atoms with Gasteiger partial charge in [-0.1, -0.05) is 18.2 Å². The van der Waals surface area contributed by atoms with Gasteiger partial charge in [0.05, 0.1) is 12.0 Å². The second kappa shape index (κ2) is 7.88. The molecule has 2 atom stereocenters. The zero-order valence-electron chi connectivity index (χ0n) is 14.7. The standard InChI is InChI=1S/C19H22F3NO4/c20-19(21,22)13-3-1-2-12(10-13)15-11-16(15)18(26)23(7-4-17(24)25)14-5-8-27-9-6-14/h1-3,10,14-16H,4-9,11H2,(H,24,25)/t15-,16+/m1/s1. The van der Waals surface area contributed by atoms with E-state index >= 15 is 0 Å². The molecule has 1 aliphatic heterocycles. The molecule has 2 aliphatic rings. The van der Waals surface area contributed by atoms with E-state index < -0.39 is 17.7 Å². The first-order valence-electron chi connectivity index (χ1n) is 9.04. The maximum Gasteiger partial charge on any atom is 0.416 e. The largest absolute Gasteiger partial charge is 0.481 e. The summed E-state index contributed by atoms with van der Waals surface area (Å²) in [5.74, 6) is -1.77. The van der Waals surface area contributed by atoms with Crippen LogP contribution in [0.5, 0.6) is 0 Å². The Morgan fingerprint density at radius 3 is 2.56 bits per heavy atom. The van der Waals surface area contributed by atoms with E-state index in [1.165, 1.54) is 6.07 Å². The van der Waals surface area contributed by atoms with Gasteiger partial charge in [-0.15, -0.1) is 0 Å². The van der Waals surface area contributed by atoms with Crippen molar-refractivity contribution < 1.29 is 32.6 Å². The van der Waals surface area contributed by atoms with Gasteiger partial charge in [0.15, 0.2) is 0 Å². The predicted molar refractivity (Wildman–Crippen MR) is 90.1 cm³/mol. The zero-order chi connectivity index (χ0) is 19.6. The van der Waals surface area contributed by atoms with Gasteiger partial charge in [-0.25, -0.2) is 0 Å². The van der Waals surface area contributed by atoms with Crippen LogP contribution in [0.1, 0.15) is 42.7 Å². The van der Waals surface area contributed by atoms with E-state index in [1.54, 1.807) is 11.0 Å². The number of carbonyl (C=O) groups excluding carboxylic acids is 1. The molecule has 148 valence electrons. The van der Waals surface area contributed by atoms with E-state index in [4.69, 9.17) is 9.84 Å². The predicted octanol–water partition coefficient (Wildman–Crippen LogP) is 3.29. The van der Waals surface area contributed by atoms with Crippen molar-refractivity contribution in [2.45, 2.75) is 43.8 Å². The highest BCUT2D eigenvalue weighted by molar-refractivity contribution is 5.83. The summed E-state index contributed by atoms with van der Waals surface area (Å²) in [7, 11) is 0. The quantitative estimate of drug-likeness (QED) is 0.816. The maximum atomic E-state index is 13.0. The molecular formula is C19H22F3NO4. The highest BCUT2D eigenvalue weighted by Crippen LogP contribution is 2.49. The average Bonchev–Trinajstić information content (AvgIpc) is 3.42. The first-order chi connectivity index (χ1) is 12.8. The molecule has 0 bridgehead atoms. The van der Waals surface area contributed by atoms with Gasteiger partial charge in [-0.2, -0.15) is 13.2 Å². The van der Waals surface area contributed by atoms with Crippen molar-refractivity contribution >= 4 is 11.9 Å². The number of hydrogen-bond donors (Lipinski definition) is 1. The number of hydrogen-bond acceptors (Lipinski definition) is 3. The van der Waals surface area contributed by atoms with Crippen LogP contribution in [0.25, 0.3) is 0 Å². The number of amides is 1. The minimum atomic E-state index is -4.42. The molecule has 1 N–H and O–H groups in total. The fraction of sp³-hybridized carbons (Fsp3) is 0.579. The fourth-order valence-corrected chi connectivity index (χ4v) is 3.68. The van der Waals surface area contributed by atoms with E-state index in [0.29, 0.717) is 38.0 Å². The number of benzene rings is 1. The molecule has 0 aromatic heterocycles. The van der Waals surface area contributed by atoms with Gasteiger partial charge in [0.25, 0.3) is 0 Å². The molecule has 0 unspecified atom stereocenters. The second-order valence-electron chi connectivity index (χ2n) is 7.09. The summed E-state index contributed by atoms with van der Waals surface area (Å²) in [4.78, 5) is 25.5. The Morgan fingerprint density at radius 2 is 1.93 bits per heavy atom. The summed E-state index contributed by atoms with van der Waals surface area (Å²) >= 11 is 0. The Hall–Kier alpha value is -2.09. The molecule has 1 saturated carbocycles. The van der Waals surface area contributed by atoms with Gasteiger partial charge in [0, 0.05) is 31.7 Å². The first kappa shape index (κ1) is 19.7. The molecule has 1 aromatic carbocycles. The van der Waals surface area contributed by atoms with Crippen molar-refractivity contribution in [1.29, 1.82) is 0 Å². The minimum Gasteiger partial charge on any atom is -0.481 e. The lowest BCUT2D eigenvalue weighted by Gasteiger charge is -2.34. The molecular weight excluding hydrogens is 363 g/mol. The van der Waals surface area contributed by atoms with E-state index in [-0.39, 0.29) is 36.8 Å². The monoisotopic (exact) mass is 385 g/mol. The molecule has 8 heteroatoms. The normalized spacial score (nSPS) is 23.1. The topological polar surface area (TPSA) is 66.8 Å². The third-order valence-corrected chi connectivity index (χ3v) is 5.23. The Morgan fingerprint density at radius 1 is 1.22 bits per heavy atom. The Labute approximate surface area is 155 Å². The molecule has 1 amide bonds. The van der Waals surface area contributed by atoms with Gasteiger partial charge in [0.2, 0.25) is 5.91 Å². The lowest BCUT2D eigenvalue weighted by Crippen LogP contribution is -2.45. The van der Waals surface area contributed by atoms with Crippen LogP contribution in [0.15, 0.2) is 24.3 Å². The number of alkyl halides is 3. The molecule has 1 aliphatic carbocycles. The van der Waals surface area contributed by atoms with Crippen LogP contribution in [-0.4, -0.2) is 47.7 Å². The lowest BCUT2D eigenvalue weighted by atomic mass is 10.0. The zero-order valence-corrected chi connectivity index (χ0v) is 14.7. The van der Waals surface area contributed by atoms with Gasteiger partial charge in [-0.05, 0) is 36.8 Å². The SMILES string of the molecule is O=C(O)CCN(C(=O)[C@H]1C[C@@H]1c1cccc(C(F)(F)F)c1)C1CCOCC1. The Bertz CT molecular complexity index is 700. The highest BCUT2D eigenvalue weighted by Gasteiger charge is 2.47. The van der Waals surface area contributed by atoms with Crippen molar-refractivity contribution in [2.24, 2.45) is 5.92 Å². The Kier molecular flexibility index (Phi) is 5.74. The number of ether oxygens (including phenoxy) is 1. The first-order valence-corrected chi connectivity index (χ1v) is 9.04. The number of halogens is 3. The smallest absolute Gasteiger partial charge is 0.416 e. The highest BCUT2D eigenvalue weighted by atomic mass is 19.4. The van der Waals surface area contributed by atoms with Gasteiger partial charge in [-0.3, -0.25) is 9.59 Å². The minimum absolute atomic E-state index is 0.0756. The molecule has 1 saturated heterocycles. The van der Waals surface area contributed by atoms with Crippen LogP contribution in [0.3, 0.4) is 0 Å². The third kappa shape index (κ3) is 4.80. The summed E-state index contributed by atoms with van der Waals surface area (Å²) in [6.45, 7) is 1.15. The van der Waals surface area contributed by atoms with Gasteiger partial charge >= 0.3 is 12.1 Å². The van der Waals surface area contributed by atoms with Crippen LogP contribution in [0.4, 0.5) is 13.2 Å². The molecule has 0 radical (unpaired) electrons. The number of carboxylic acids is 1. The average molecular weight is 385 g/mol. The van der Waals surface area contributed by atoms with Gasteiger partial charge in [0.1, 0.15) is 0 Å². The summed E-state index contributed by atoms with van der Waals surface area (Å²) in [6, 6.07) is 5.02. The number of nitrogens with zero attached hydrogens (tertiary/aromatic N) is 1. The van der Waals surface area contributed by atoms with Gasteiger partial charge < -0.3 is 14.7 Å². The third-order valence-electron chi connectivity index (χ3n) is 5.23.